The third-order valence-electron chi connectivity index (χ3n) is 2.25. The van der Waals surface area contributed by atoms with Gasteiger partial charge in [-0.3, -0.25) is 4.79 Å². The lowest BCUT2D eigenvalue weighted by atomic mass is 10.2. The molecule has 1 aromatic carbocycles. The molecule has 110 valence electrons. The third-order valence-corrected chi connectivity index (χ3v) is 2.25. The van der Waals surface area contributed by atoms with Gasteiger partial charge in [-0.25, -0.2) is 4.79 Å². The zero-order valence-corrected chi connectivity index (χ0v) is 10.7. The maximum atomic E-state index is 12.3. The van der Waals surface area contributed by atoms with Crippen LogP contribution in [0.1, 0.15) is 12.5 Å². The summed E-state index contributed by atoms with van der Waals surface area (Å²) in [6, 6.07) is 3.53. The van der Waals surface area contributed by atoms with E-state index in [4.69, 9.17) is 0 Å². The predicted octanol–water partition coefficient (Wildman–Crippen LogP) is 1.96. The Bertz CT molecular complexity index is 472. The number of hydrogen-bond donors (Lipinski definition) is 3. The highest BCUT2D eigenvalue weighted by molar-refractivity contribution is 5.89. The highest BCUT2D eigenvalue weighted by Gasteiger charge is 2.29. The normalized spacial score (nSPS) is 10.8. The number of carbonyl (C=O) groups excluding carboxylic acids is 2. The first-order valence-electron chi connectivity index (χ1n) is 5.75. The Hall–Kier alpha value is -2.25. The van der Waals surface area contributed by atoms with Crippen molar-refractivity contribution in [2.45, 2.75) is 13.1 Å². The number of benzene rings is 1. The van der Waals surface area contributed by atoms with Gasteiger partial charge in [-0.2, -0.15) is 13.2 Å². The molecular formula is C12H14F3N3O2. The van der Waals surface area contributed by atoms with Crippen molar-refractivity contribution in [2.75, 3.05) is 18.4 Å². The molecule has 0 fully saturated rings. The van der Waals surface area contributed by atoms with Crippen LogP contribution in [0.4, 0.5) is 23.7 Å². The molecule has 20 heavy (non-hydrogen) atoms. The van der Waals surface area contributed by atoms with Gasteiger partial charge in [-0.05, 0) is 24.3 Å². The Morgan fingerprint density at radius 3 is 2.10 bits per heavy atom. The van der Waals surface area contributed by atoms with Crippen LogP contribution in [0.3, 0.4) is 0 Å². The SMILES string of the molecule is CC(=O)NCCNC(=O)Nc1ccc(C(F)(F)F)cc1. The lowest BCUT2D eigenvalue weighted by molar-refractivity contribution is -0.137. The maximum absolute atomic E-state index is 12.3. The second-order valence-electron chi connectivity index (χ2n) is 3.94. The third kappa shape index (κ3) is 5.59. The fourth-order valence-electron chi connectivity index (χ4n) is 1.33. The summed E-state index contributed by atoms with van der Waals surface area (Å²) in [5, 5.41) is 7.31. The summed E-state index contributed by atoms with van der Waals surface area (Å²) >= 11 is 0. The predicted molar refractivity (Wildman–Crippen MR) is 67.1 cm³/mol. The average molecular weight is 289 g/mol. The molecule has 0 unspecified atom stereocenters. The van der Waals surface area contributed by atoms with Crippen LogP contribution in [0, 0.1) is 0 Å². The molecule has 0 saturated heterocycles. The molecule has 0 aliphatic rings. The molecule has 1 aromatic rings. The molecular weight excluding hydrogens is 275 g/mol. The zero-order valence-electron chi connectivity index (χ0n) is 10.7. The monoisotopic (exact) mass is 289 g/mol. The van der Waals surface area contributed by atoms with E-state index < -0.39 is 17.8 Å². The number of alkyl halides is 3. The Kier molecular flexibility index (Phi) is 5.36. The van der Waals surface area contributed by atoms with Crippen molar-refractivity contribution in [3.05, 3.63) is 29.8 Å². The summed E-state index contributed by atoms with van der Waals surface area (Å²) < 4.78 is 37.0. The van der Waals surface area contributed by atoms with E-state index in [2.05, 4.69) is 16.0 Å². The molecule has 0 aliphatic carbocycles. The van der Waals surface area contributed by atoms with Gasteiger partial charge in [-0.15, -0.1) is 0 Å². The molecule has 1 rings (SSSR count). The van der Waals surface area contributed by atoms with Gasteiger partial charge in [0.2, 0.25) is 5.91 Å². The Balaban J connectivity index is 2.41. The molecule has 0 aromatic heterocycles. The fourth-order valence-corrected chi connectivity index (χ4v) is 1.33. The number of hydrogen-bond acceptors (Lipinski definition) is 2. The van der Waals surface area contributed by atoms with Gasteiger partial charge in [0, 0.05) is 25.7 Å². The van der Waals surface area contributed by atoms with Crippen LogP contribution in [-0.4, -0.2) is 25.0 Å². The molecule has 0 bridgehead atoms. The summed E-state index contributed by atoms with van der Waals surface area (Å²) in [7, 11) is 0. The van der Waals surface area contributed by atoms with Crippen molar-refractivity contribution < 1.29 is 22.8 Å². The van der Waals surface area contributed by atoms with Crippen LogP contribution in [0.5, 0.6) is 0 Å². The van der Waals surface area contributed by atoms with Crippen LogP contribution >= 0.6 is 0 Å². The molecule has 0 aliphatic heterocycles. The average Bonchev–Trinajstić information content (AvgIpc) is 2.34. The molecule has 0 heterocycles. The number of anilines is 1. The molecule has 0 saturated carbocycles. The van der Waals surface area contributed by atoms with Crippen molar-refractivity contribution in [3.8, 4) is 0 Å². The van der Waals surface area contributed by atoms with E-state index in [1.807, 2.05) is 0 Å². The van der Waals surface area contributed by atoms with Gasteiger partial charge in [-0.1, -0.05) is 0 Å². The van der Waals surface area contributed by atoms with Crippen molar-refractivity contribution in [1.29, 1.82) is 0 Å². The summed E-state index contributed by atoms with van der Waals surface area (Å²) in [5.41, 5.74) is -0.538. The fraction of sp³-hybridized carbons (Fsp3) is 0.333. The minimum absolute atomic E-state index is 0.213. The van der Waals surface area contributed by atoms with Crippen molar-refractivity contribution >= 4 is 17.6 Å². The second kappa shape index (κ2) is 6.78. The zero-order chi connectivity index (χ0) is 15.2. The number of nitrogens with one attached hydrogen (secondary N) is 3. The van der Waals surface area contributed by atoms with Crippen LogP contribution in [0.2, 0.25) is 0 Å². The van der Waals surface area contributed by atoms with E-state index in [0.717, 1.165) is 24.3 Å². The smallest absolute Gasteiger partial charge is 0.355 e. The number of amides is 3. The maximum Gasteiger partial charge on any atom is 0.416 e. The number of urea groups is 1. The van der Waals surface area contributed by atoms with Crippen molar-refractivity contribution in [3.63, 3.8) is 0 Å². The second-order valence-corrected chi connectivity index (χ2v) is 3.94. The number of carbonyl (C=O) groups is 2. The van der Waals surface area contributed by atoms with E-state index in [9.17, 15) is 22.8 Å². The number of halogens is 3. The Labute approximate surface area is 113 Å². The first-order valence-corrected chi connectivity index (χ1v) is 5.75. The summed E-state index contributed by atoms with van der Waals surface area (Å²) in [5.74, 6) is -0.213. The molecule has 0 radical (unpaired) electrons. The van der Waals surface area contributed by atoms with E-state index >= 15 is 0 Å². The first-order chi connectivity index (χ1) is 9.29. The Morgan fingerprint density at radius 2 is 1.60 bits per heavy atom. The topological polar surface area (TPSA) is 70.2 Å². The molecule has 0 spiro atoms. The highest BCUT2D eigenvalue weighted by Crippen LogP contribution is 2.29. The van der Waals surface area contributed by atoms with E-state index in [0.29, 0.717) is 0 Å². The van der Waals surface area contributed by atoms with Crippen molar-refractivity contribution in [2.24, 2.45) is 0 Å². The summed E-state index contributed by atoms with van der Waals surface area (Å²) in [4.78, 5) is 21.9. The van der Waals surface area contributed by atoms with Gasteiger partial charge in [0.15, 0.2) is 0 Å². The lowest BCUT2D eigenvalue weighted by Crippen LogP contribution is -2.36. The van der Waals surface area contributed by atoms with E-state index in [1.165, 1.54) is 6.92 Å². The van der Waals surface area contributed by atoms with Crippen LogP contribution in [-0.2, 0) is 11.0 Å². The largest absolute Gasteiger partial charge is 0.416 e. The Morgan fingerprint density at radius 1 is 1.05 bits per heavy atom. The molecule has 5 nitrogen and oxygen atoms in total. The lowest BCUT2D eigenvalue weighted by Gasteiger charge is -2.10. The van der Waals surface area contributed by atoms with Gasteiger partial charge in [0.1, 0.15) is 0 Å². The van der Waals surface area contributed by atoms with Gasteiger partial charge in [0.05, 0.1) is 5.56 Å². The molecule has 8 heteroatoms. The molecule has 3 amide bonds. The van der Waals surface area contributed by atoms with Gasteiger partial charge in [0.25, 0.3) is 0 Å². The van der Waals surface area contributed by atoms with Crippen LogP contribution in [0.25, 0.3) is 0 Å². The van der Waals surface area contributed by atoms with Crippen molar-refractivity contribution in [1.82, 2.24) is 10.6 Å². The minimum Gasteiger partial charge on any atom is -0.355 e. The number of rotatable bonds is 4. The quantitative estimate of drug-likeness (QED) is 0.742. The molecule has 0 atom stereocenters. The first kappa shape index (κ1) is 15.8. The minimum atomic E-state index is -4.40. The summed E-state index contributed by atoms with van der Waals surface area (Å²) in [6.45, 7) is 1.84. The van der Waals surface area contributed by atoms with E-state index in [-0.39, 0.29) is 24.7 Å². The van der Waals surface area contributed by atoms with Gasteiger partial charge < -0.3 is 16.0 Å². The van der Waals surface area contributed by atoms with Crippen LogP contribution in [0.15, 0.2) is 24.3 Å². The standard InChI is InChI=1S/C12H14F3N3O2/c1-8(19)16-6-7-17-11(20)18-10-4-2-9(3-5-10)12(13,14)15/h2-5H,6-7H2,1H3,(H,16,19)(H2,17,18,20). The van der Waals surface area contributed by atoms with Gasteiger partial charge >= 0.3 is 12.2 Å². The summed E-state index contributed by atoms with van der Waals surface area (Å²) in [6.07, 6.45) is -4.40. The van der Waals surface area contributed by atoms with E-state index in [1.54, 1.807) is 0 Å². The van der Waals surface area contributed by atoms with Crippen LogP contribution < -0.4 is 16.0 Å². The molecule has 3 N–H and O–H groups in total. The highest BCUT2D eigenvalue weighted by atomic mass is 19.4.